The van der Waals surface area contributed by atoms with Gasteiger partial charge in [-0.15, -0.1) is 0 Å². The third-order valence-electron chi connectivity index (χ3n) is 3.89. The van der Waals surface area contributed by atoms with Crippen LogP contribution in [0.25, 0.3) is 0 Å². The van der Waals surface area contributed by atoms with E-state index >= 15 is 0 Å². The summed E-state index contributed by atoms with van der Waals surface area (Å²) in [6.45, 7) is 6.18. The molecule has 0 unspecified atom stereocenters. The quantitative estimate of drug-likeness (QED) is 0.753. The van der Waals surface area contributed by atoms with Crippen molar-refractivity contribution in [1.82, 2.24) is 9.88 Å². The lowest BCUT2D eigenvalue weighted by Gasteiger charge is -2.27. The molecule has 1 aromatic rings. The van der Waals surface area contributed by atoms with Crippen LogP contribution in [0, 0.1) is 6.92 Å². The number of aromatic nitrogens is 1. The summed E-state index contributed by atoms with van der Waals surface area (Å²) in [5, 5.41) is 11.5. The van der Waals surface area contributed by atoms with E-state index in [9.17, 15) is 23.9 Å². The lowest BCUT2D eigenvalue weighted by molar-refractivity contribution is -0.120. The summed E-state index contributed by atoms with van der Waals surface area (Å²) in [6.07, 6.45) is -2.38. The van der Waals surface area contributed by atoms with Crippen LogP contribution in [0.5, 0.6) is 0 Å². The normalized spacial score (nSPS) is 19.7. The molecule has 2 amide bonds. The van der Waals surface area contributed by atoms with Crippen LogP contribution in [0.15, 0.2) is 6.07 Å². The second kappa shape index (κ2) is 7.67. The SMILES string of the molecule is Cc1c(C(=O)O)cc(Cl)nc1NC(=O)[C@@H]1C[C@@H](F)CN1C(=O)OC(C)(C)C. The number of likely N-dealkylation sites (tertiary alicyclic amines) is 1. The van der Waals surface area contributed by atoms with Gasteiger partial charge in [0.25, 0.3) is 0 Å². The van der Waals surface area contributed by atoms with Gasteiger partial charge in [0.05, 0.1) is 12.1 Å². The van der Waals surface area contributed by atoms with Crippen LogP contribution in [0.2, 0.25) is 5.15 Å². The summed E-state index contributed by atoms with van der Waals surface area (Å²) in [5.74, 6) is -1.99. The highest BCUT2D eigenvalue weighted by Crippen LogP contribution is 2.26. The Balaban J connectivity index is 2.24. The second-order valence-corrected chi connectivity index (χ2v) is 7.63. The van der Waals surface area contributed by atoms with E-state index in [2.05, 4.69) is 10.3 Å². The highest BCUT2D eigenvalue weighted by atomic mass is 35.5. The minimum absolute atomic E-state index is 0.0589. The second-order valence-electron chi connectivity index (χ2n) is 7.24. The molecule has 2 rings (SSSR count). The molecule has 8 nitrogen and oxygen atoms in total. The molecule has 148 valence electrons. The van der Waals surface area contributed by atoms with Gasteiger partial charge in [0.15, 0.2) is 0 Å². The predicted molar refractivity (Wildman–Crippen MR) is 95.8 cm³/mol. The number of aromatic carboxylic acids is 1. The molecule has 27 heavy (non-hydrogen) atoms. The number of halogens is 2. The molecule has 0 aliphatic carbocycles. The van der Waals surface area contributed by atoms with E-state index in [0.29, 0.717) is 0 Å². The number of alkyl halides is 1. The number of ether oxygens (including phenoxy) is 1. The van der Waals surface area contributed by atoms with E-state index in [0.717, 1.165) is 11.0 Å². The summed E-state index contributed by atoms with van der Waals surface area (Å²) in [6, 6.07) is 0.0537. The van der Waals surface area contributed by atoms with Crippen molar-refractivity contribution < 1.29 is 28.6 Å². The van der Waals surface area contributed by atoms with Crippen molar-refractivity contribution in [2.45, 2.75) is 51.9 Å². The summed E-state index contributed by atoms with van der Waals surface area (Å²) in [4.78, 5) is 41.1. The van der Waals surface area contributed by atoms with Crippen LogP contribution in [0.1, 0.15) is 43.1 Å². The molecule has 0 aromatic carbocycles. The van der Waals surface area contributed by atoms with E-state index in [1.165, 1.54) is 6.92 Å². The number of carbonyl (C=O) groups is 3. The maximum absolute atomic E-state index is 13.9. The van der Waals surface area contributed by atoms with E-state index in [4.69, 9.17) is 16.3 Å². The van der Waals surface area contributed by atoms with Gasteiger partial charge in [-0.25, -0.2) is 19.0 Å². The van der Waals surface area contributed by atoms with Gasteiger partial charge in [-0.3, -0.25) is 9.69 Å². The Bertz CT molecular complexity index is 781. The molecule has 2 atom stereocenters. The number of nitrogens with one attached hydrogen (secondary N) is 1. The molecule has 1 aliphatic heterocycles. The fourth-order valence-electron chi connectivity index (χ4n) is 2.68. The first-order valence-electron chi connectivity index (χ1n) is 8.24. The Morgan fingerprint density at radius 1 is 1.41 bits per heavy atom. The Labute approximate surface area is 160 Å². The molecule has 1 aliphatic rings. The fourth-order valence-corrected chi connectivity index (χ4v) is 2.87. The van der Waals surface area contributed by atoms with Crippen LogP contribution in [0.3, 0.4) is 0 Å². The maximum atomic E-state index is 13.9. The standard InChI is InChI=1S/C17H21ClFN3O5/c1-8-10(15(24)25)6-12(18)20-13(8)21-14(23)11-5-9(19)7-22(11)16(26)27-17(2,3)4/h6,9,11H,5,7H2,1-4H3,(H,24,25)(H,20,21,23)/t9-,11+/m1/s1. The van der Waals surface area contributed by atoms with Crippen molar-refractivity contribution in [3.05, 3.63) is 22.3 Å². The van der Waals surface area contributed by atoms with E-state index in [1.54, 1.807) is 20.8 Å². The molecule has 1 fully saturated rings. The molecule has 0 spiro atoms. The van der Waals surface area contributed by atoms with Crippen molar-refractivity contribution in [1.29, 1.82) is 0 Å². The zero-order valence-corrected chi connectivity index (χ0v) is 16.1. The molecular weight excluding hydrogens is 381 g/mol. The number of carboxylic acids is 1. The average molecular weight is 402 g/mol. The first-order valence-corrected chi connectivity index (χ1v) is 8.62. The smallest absolute Gasteiger partial charge is 0.411 e. The summed E-state index contributed by atoms with van der Waals surface area (Å²) < 4.78 is 19.1. The van der Waals surface area contributed by atoms with Gasteiger partial charge in [0.2, 0.25) is 5.91 Å². The third-order valence-corrected chi connectivity index (χ3v) is 4.09. The number of hydrogen-bond acceptors (Lipinski definition) is 5. The number of amides is 2. The molecule has 2 heterocycles. The van der Waals surface area contributed by atoms with Crippen molar-refractivity contribution in [2.75, 3.05) is 11.9 Å². The first kappa shape index (κ1) is 20.9. The monoisotopic (exact) mass is 401 g/mol. The highest BCUT2D eigenvalue weighted by molar-refractivity contribution is 6.30. The van der Waals surface area contributed by atoms with Crippen LogP contribution in [0.4, 0.5) is 15.0 Å². The number of rotatable bonds is 3. The third kappa shape index (κ3) is 5.06. The van der Waals surface area contributed by atoms with Gasteiger partial charge < -0.3 is 15.2 Å². The van der Waals surface area contributed by atoms with Crippen LogP contribution >= 0.6 is 11.6 Å². The average Bonchev–Trinajstić information content (AvgIpc) is 2.91. The molecule has 1 saturated heterocycles. The molecule has 0 radical (unpaired) electrons. The Hall–Kier alpha value is -2.42. The topological polar surface area (TPSA) is 109 Å². The maximum Gasteiger partial charge on any atom is 0.411 e. The lowest BCUT2D eigenvalue weighted by Crippen LogP contribution is -2.45. The first-order chi connectivity index (χ1) is 12.4. The molecule has 0 bridgehead atoms. The van der Waals surface area contributed by atoms with Gasteiger partial charge in [-0.05, 0) is 33.8 Å². The summed E-state index contributed by atoms with van der Waals surface area (Å²) >= 11 is 5.81. The fraction of sp³-hybridized carbons (Fsp3) is 0.529. The van der Waals surface area contributed by atoms with Gasteiger partial charge >= 0.3 is 12.1 Å². The highest BCUT2D eigenvalue weighted by Gasteiger charge is 2.42. The van der Waals surface area contributed by atoms with Crippen molar-refractivity contribution in [2.24, 2.45) is 0 Å². The van der Waals surface area contributed by atoms with Crippen molar-refractivity contribution >= 4 is 35.4 Å². The van der Waals surface area contributed by atoms with Gasteiger partial charge in [-0.1, -0.05) is 11.6 Å². The zero-order valence-electron chi connectivity index (χ0n) is 15.4. The summed E-state index contributed by atoms with van der Waals surface area (Å²) in [5.41, 5.74) is -0.725. The van der Waals surface area contributed by atoms with E-state index in [1.807, 2.05) is 0 Å². The van der Waals surface area contributed by atoms with Gasteiger partial charge in [0.1, 0.15) is 28.8 Å². The number of hydrogen-bond donors (Lipinski definition) is 2. The largest absolute Gasteiger partial charge is 0.478 e. The molecule has 10 heteroatoms. The van der Waals surface area contributed by atoms with E-state index in [-0.39, 0.29) is 35.1 Å². The number of pyridine rings is 1. The Morgan fingerprint density at radius 2 is 2.04 bits per heavy atom. The lowest BCUT2D eigenvalue weighted by atomic mass is 10.1. The molecular formula is C17H21ClFN3O5. The number of anilines is 1. The Kier molecular flexibility index (Phi) is 5.94. The van der Waals surface area contributed by atoms with Crippen molar-refractivity contribution in [3.63, 3.8) is 0 Å². The minimum atomic E-state index is -1.38. The van der Waals surface area contributed by atoms with Crippen LogP contribution in [-0.4, -0.2) is 57.3 Å². The minimum Gasteiger partial charge on any atom is -0.478 e. The molecule has 2 N–H and O–H groups in total. The molecule has 1 aromatic heterocycles. The van der Waals surface area contributed by atoms with Crippen molar-refractivity contribution in [3.8, 4) is 0 Å². The summed E-state index contributed by atoms with van der Waals surface area (Å²) in [7, 11) is 0. The van der Waals surface area contributed by atoms with Crippen LogP contribution in [-0.2, 0) is 9.53 Å². The number of carboxylic acid groups (broad SMARTS) is 1. The van der Waals surface area contributed by atoms with Gasteiger partial charge in [-0.2, -0.15) is 0 Å². The number of nitrogens with zero attached hydrogens (tertiary/aromatic N) is 2. The van der Waals surface area contributed by atoms with Crippen LogP contribution < -0.4 is 5.32 Å². The Morgan fingerprint density at radius 3 is 2.59 bits per heavy atom. The van der Waals surface area contributed by atoms with Gasteiger partial charge in [0, 0.05) is 12.0 Å². The predicted octanol–water partition coefficient (Wildman–Crippen LogP) is 3.03. The molecule has 0 saturated carbocycles. The number of carbonyl (C=O) groups excluding carboxylic acids is 2. The zero-order chi connectivity index (χ0) is 20.5. The van der Waals surface area contributed by atoms with E-state index < -0.39 is 35.8 Å².